The number of nitrogens with one attached hydrogen (secondary N) is 1. The van der Waals surface area contributed by atoms with Crippen LogP contribution in [-0.4, -0.2) is 41.9 Å². The van der Waals surface area contributed by atoms with Crippen LogP contribution in [0.15, 0.2) is 42.5 Å². The van der Waals surface area contributed by atoms with Gasteiger partial charge in [-0.15, -0.1) is 0 Å². The Morgan fingerprint density at radius 2 is 1.85 bits per heavy atom. The molecule has 3 amide bonds. The summed E-state index contributed by atoms with van der Waals surface area (Å²) < 4.78 is 18.5. The highest BCUT2D eigenvalue weighted by molar-refractivity contribution is 6.22. The summed E-state index contributed by atoms with van der Waals surface area (Å²) in [5.74, 6) is -1.62. The highest BCUT2D eigenvalue weighted by Gasteiger charge is 2.37. The van der Waals surface area contributed by atoms with Gasteiger partial charge in [0, 0.05) is 17.9 Å². The van der Waals surface area contributed by atoms with Gasteiger partial charge < -0.3 is 10.1 Å². The molecule has 1 N–H and O–H groups in total. The van der Waals surface area contributed by atoms with Crippen LogP contribution in [-0.2, 0) is 4.74 Å². The number of rotatable bonds is 4. The molecule has 7 heteroatoms. The number of amides is 3. The Hall–Kier alpha value is -3.06. The molecule has 2 aromatic carbocycles. The van der Waals surface area contributed by atoms with Gasteiger partial charge in [-0.25, -0.2) is 4.39 Å². The van der Waals surface area contributed by atoms with Gasteiger partial charge in [0.15, 0.2) is 0 Å². The van der Waals surface area contributed by atoms with Crippen molar-refractivity contribution in [2.45, 2.75) is 18.9 Å². The Balaban J connectivity index is 1.53. The van der Waals surface area contributed by atoms with Crippen molar-refractivity contribution in [1.29, 1.82) is 0 Å². The molecule has 0 aliphatic carbocycles. The molecular weight excluding hydrogens is 351 g/mol. The number of hydrogen-bond acceptors (Lipinski definition) is 4. The summed E-state index contributed by atoms with van der Waals surface area (Å²) >= 11 is 0. The molecule has 1 saturated heterocycles. The van der Waals surface area contributed by atoms with Crippen LogP contribution in [0.1, 0.15) is 43.9 Å². The molecule has 0 radical (unpaired) electrons. The number of fused-ring (bicyclic) bond motifs is 1. The van der Waals surface area contributed by atoms with Crippen molar-refractivity contribution in [3.63, 3.8) is 0 Å². The van der Waals surface area contributed by atoms with Gasteiger partial charge in [0.1, 0.15) is 5.82 Å². The number of ether oxygens (including phenoxy) is 1. The minimum atomic E-state index is -0.442. The first-order chi connectivity index (χ1) is 13.0. The van der Waals surface area contributed by atoms with Gasteiger partial charge in [0.2, 0.25) is 0 Å². The number of carbonyl (C=O) groups is 3. The number of hydrogen-bond donors (Lipinski definition) is 1. The average Bonchev–Trinajstić information content (AvgIpc) is 3.26. The Kier molecular flexibility index (Phi) is 4.45. The second-order valence-corrected chi connectivity index (χ2v) is 6.58. The first-order valence-corrected chi connectivity index (χ1v) is 8.72. The van der Waals surface area contributed by atoms with Crippen molar-refractivity contribution in [3.05, 3.63) is 65.0 Å². The minimum Gasteiger partial charge on any atom is -0.376 e. The highest BCUT2D eigenvalue weighted by Crippen LogP contribution is 2.26. The molecule has 6 nitrogen and oxygen atoms in total. The van der Waals surface area contributed by atoms with Gasteiger partial charge in [0.05, 0.1) is 23.8 Å². The standard InChI is InChI=1S/C20H17FN2O4/c21-13-4-6-14(7-5-13)22-18(24)12-3-8-16-17(10-12)20(26)23(19(16)25)11-15-2-1-9-27-15/h3-8,10,15H,1-2,9,11H2,(H,22,24). The smallest absolute Gasteiger partial charge is 0.261 e. The first kappa shape index (κ1) is 17.4. The molecule has 1 unspecified atom stereocenters. The molecule has 138 valence electrons. The predicted molar refractivity (Wildman–Crippen MR) is 95.1 cm³/mol. The lowest BCUT2D eigenvalue weighted by Gasteiger charge is -2.17. The molecule has 2 aromatic rings. The predicted octanol–water partition coefficient (Wildman–Crippen LogP) is 2.85. The van der Waals surface area contributed by atoms with Crippen molar-refractivity contribution in [3.8, 4) is 0 Å². The van der Waals surface area contributed by atoms with Gasteiger partial charge in [-0.05, 0) is 55.3 Å². The van der Waals surface area contributed by atoms with Crippen molar-refractivity contribution >= 4 is 23.4 Å². The molecule has 0 bridgehead atoms. The zero-order valence-corrected chi connectivity index (χ0v) is 14.4. The average molecular weight is 368 g/mol. The number of halogens is 1. The summed E-state index contributed by atoms with van der Waals surface area (Å²) in [5.41, 5.74) is 1.18. The summed E-state index contributed by atoms with van der Waals surface area (Å²) in [6.45, 7) is 0.866. The van der Waals surface area contributed by atoms with Gasteiger partial charge in [0.25, 0.3) is 17.7 Å². The molecule has 4 rings (SSSR count). The normalized spacial score (nSPS) is 18.7. The quantitative estimate of drug-likeness (QED) is 0.842. The van der Waals surface area contributed by atoms with Crippen LogP contribution in [0.25, 0.3) is 0 Å². The van der Waals surface area contributed by atoms with E-state index in [1.165, 1.54) is 47.4 Å². The van der Waals surface area contributed by atoms with E-state index < -0.39 is 17.6 Å². The summed E-state index contributed by atoms with van der Waals surface area (Å²) in [6.07, 6.45) is 1.61. The van der Waals surface area contributed by atoms with Crippen LogP contribution in [0.4, 0.5) is 10.1 Å². The monoisotopic (exact) mass is 368 g/mol. The fourth-order valence-electron chi connectivity index (χ4n) is 3.33. The number of carbonyl (C=O) groups excluding carboxylic acids is 3. The topological polar surface area (TPSA) is 75.7 Å². The van der Waals surface area contributed by atoms with Crippen molar-refractivity contribution < 1.29 is 23.5 Å². The van der Waals surface area contributed by atoms with Crippen molar-refractivity contribution in [2.75, 3.05) is 18.5 Å². The fraction of sp³-hybridized carbons (Fsp3) is 0.250. The van der Waals surface area contributed by atoms with Crippen LogP contribution >= 0.6 is 0 Å². The second-order valence-electron chi connectivity index (χ2n) is 6.58. The van der Waals surface area contributed by atoms with Crippen molar-refractivity contribution in [1.82, 2.24) is 4.90 Å². The number of benzene rings is 2. The molecule has 2 aliphatic rings. The van der Waals surface area contributed by atoms with E-state index in [9.17, 15) is 18.8 Å². The Morgan fingerprint density at radius 3 is 2.56 bits per heavy atom. The Bertz CT molecular complexity index is 920. The lowest BCUT2D eigenvalue weighted by molar-refractivity contribution is 0.0475. The summed E-state index contributed by atoms with van der Waals surface area (Å²) in [4.78, 5) is 38.7. The molecule has 1 atom stereocenters. The molecule has 27 heavy (non-hydrogen) atoms. The van der Waals surface area contributed by atoms with E-state index in [0.29, 0.717) is 12.3 Å². The van der Waals surface area contributed by atoms with E-state index in [2.05, 4.69) is 5.32 Å². The maximum absolute atomic E-state index is 13.0. The van der Waals surface area contributed by atoms with Gasteiger partial charge in [-0.1, -0.05) is 0 Å². The maximum Gasteiger partial charge on any atom is 0.261 e. The number of nitrogens with zero attached hydrogens (tertiary/aromatic N) is 1. The fourth-order valence-corrected chi connectivity index (χ4v) is 3.33. The largest absolute Gasteiger partial charge is 0.376 e. The number of imide groups is 1. The molecule has 0 aromatic heterocycles. The summed E-state index contributed by atoms with van der Waals surface area (Å²) in [7, 11) is 0. The van der Waals surface area contributed by atoms with Crippen molar-refractivity contribution in [2.24, 2.45) is 0 Å². The van der Waals surface area contributed by atoms with E-state index in [4.69, 9.17) is 4.74 Å². The highest BCUT2D eigenvalue weighted by atomic mass is 19.1. The van der Waals surface area contributed by atoms with Gasteiger partial charge >= 0.3 is 0 Å². The van der Waals surface area contributed by atoms with Gasteiger partial charge in [-0.3, -0.25) is 19.3 Å². The Labute approximate surface area is 154 Å². The van der Waals surface area contributed by atoms with Gasteiger partial charge in [-0.2, -0.15) is 0 Å². The SMILES string of the molecule is O=C(Nc1ccc(F)cc1)c1ccc2c(c1)C(=O)N(CC1CCCO1)C2=O. The third-order valence-corrected chi connectivity index (χ3v) is 4.75. The molecule has 2 heterocycles. The molecule has 0 spiro atoms. The van der Waals surface area contributed by atoms with E-state index in [1.54, 1.807) is 0 Å². The Morgan fingerprint density at radius 1 is 1.11 bits per heavy atom. The molecule has 0 saturated carbocycles. The molecule has 1 fully saturated rings. The zero-order chi connectivity index (χ0) is 19.0. The molecule has 2 aliphatic heterocycles. The van der Waals surface area contributed by atoms with E-state index in [-0.39, 0.29) is 35.2 Å². The maximum atomic E-state index is 13.0. The molecular formula is C20H17FN2O4. The van der Waals surface area contributed by atoms with E-state index in [1.807, 2.05) is 0 Å². The third kappa shape index (κ3) is 3.33. The summed E-state index contributed by atoms with van der Waals surface area (Å²) in [6, 6.07) is 9.77. The van der Waals surface area contributed by atoms with Crippen LogP contribution in [0.3, 0.4) is 0 Å². The summed E-state index contributed by atoms with van der Waals surface area (Å²) in [5, 5.41) is 2.64. The van der Waals surface area contributed by atoms with Crippen LogP contribution in [0, 0.1) is 5.82 Å². The lowest BCUT2D eigenvalue weighted by Crippen LogP contribution is -2.36. The zero-order valence-electron chi connectivity index (χ0n) is 14.4. The van der Waals surface area contributed by atoms with Crippen LogP contribution < -0.4 is 5.32 Å². The third-order valence-electron chi connectivity index (χ3n) is 4.75. The number of anilines is 1. The van der Waals surface area contributed by atoms with E-state index >= 15 is 0 Å². The van der Waals surface area contributed by atoms with Crippen LogP contribution in [0.2, 0.25) is 0 Å². The first-order valence-electron chi connectivity index (χ1n) is 8.72. The lowest BCUT2D eigenvalue weighted by atomic mass is 10.1. The van der Waals surface area contributed by atoms with E-state index in [0.717, 1.165) is 12.8 Å². The minimum absolute atomic E-state index is 0.131. The second kappa shape index (κ2) is 6.92. The van der Waals surface area contributed by atoms with Crippen LogP contribution in [0.5, 0.6) is 0 Å².